The second-order valence-electron chi connectivity index (χ2n) is 6.56. The van der Waals surface area contributed by atoms with Gasteiger partial charge in [-0.1, -0.05) is 25.7 Å². The van der Waals surface area contributed by atoms with Gasteiger partial charge in [0, 0.05) is 13.1 Å². The topological polar surface area (TPSA) is 58.4 Å². The number of nitrogens with zero attached hydrogens (tertiary/aromatic N) is 1. The predicted molar refractivity (Wildman–Crippen MR) is 82.5 cm³/mol. The minimum absolute atomic E-state index is 0.211. The molecule has 0 bridgehead atoms. The van der Waals surface area contributed by atoms with Crippen LogP contribution < -0.4 is 11.1 Å². The average molecular weight is 281 g/mol. The van der Waals surface area contributed by atoms with Gasteiger partial charge in [0.15, 0.2) is 0 Å². The van der Waals surface area contributed by atoms with Gasteiger partial charge in [-0.2, -0.15) is 0 Å². The number of hydrogen-bond acceptors (Lipinski definition) is 3. The lowest BCUT2D eigenvalue weighted by Crippen LogP contribution is -2.46. The van der Waals surface area contributed by atoms with E-state index in [4.69, 9.17) is 5.73 Å². The Kier molecular flexibility index (Phi) is 6.30. The van der Waals surface area contributed by atoms with Crippen molar-refractivity contribution in [3.63, 3.8) is 0 Å². The molecule has 0 unspecified atom stereocenters. The molecule has 2 rings (SSSR count). The summed E-state index contributed by atoms with van der Waals surface area (Å²) in [7, 11) is 0. The molecule has 1 saturated heterocycles. The third-order valence-corrected chi connectivity index (χ3v) is 5.07. The first-order valence-corrected chi connectivity index (χ1v) is 8.48. The Morgan fingerprint density at radius 1 is 1.05 bits per heavy atom. The third-order valence-electron chi connectivity index (χ3n) is 5.07. The Morgan fingerprint density at radius 2 is 1.70 bits per heavy atom. The SMILES string of the molecule is NCC1(C(=O)NCCCN2CCCC2)CCCCCC1. The highest BCUT2D eigenvalue weighted by molar-refractivity contribution is 5.82. The van der Waals surface area contributed by atoms with Crippen molar-refractivity contribution in [2.45, 2.75) is 57.8 Å². The normalized spacial score (nSPS) is 23.4. The van der Waals surface area contributed by atoms with Crippen LogP contribution in [0.3, 0.4) is 0 Å². The van der Waals surface area contributed by atoms with Gasteiger partial charge < -0.3 is 16.0 Å². The molecule has 0 radical (unpaired) electrons. The van der Waals surface area contributed by atoms with Crippen molar-refractivity contribution in [3.8, 4) is 0 Å². The van der Waals surface area contributed by atoms with E-state index < -0.39 is 0 Å². The standard InChI is InChI=1S/C16H31N3O/c17-14-16(8-3-1-2-4-9-16)15(20)18-10-7-13-19-11-5-6-12-19/h1-14,17H2,(H,18,20). The zero-order valence-electron chi connectivity index (χ0n) is 12.8. The number of likely N-dealkylation sites (tertiary alicyclic amines) is 1. The zero-order chi connectivity index (χ0) is 14.3. The van der Waals surface area contributed by atoms with Crippen LogP contribution in [-0.4, -0.2) is 43.5 Å². The van der Waals surface area contributed by atoms with Crippen molar-refractivity contribution in [3.05, 3.63) is 0 Å². The van der Waals surface area contributed by atoms with Crippen molar-refractivity contribution < 1.29 is 4.79 Å². The second-order valence-corrected chi connectivity index (χ2v) is 6.56. The summed E-state index contributed by atoms with van der Waals surface area (Å²) in [6.45, 7) is 4.90. The van der Waals surface area contributed by atoms with E-state index in [1.54, 1.807) is 0 Å². The highest BCUT2D eigenvalue weighted by atomic mass is 16.2. The predicted octanol–water partition coefficient (Wildman–Crippen LogP) is 1.89. The molecule has 4 heteroatoms. The summed E-state index contributed by atoms with van der Waals surface area (Å²) in [4.78, 5) is 15.0. The largest absolute Gasteiger partial charge is 0.356 e. The van der Waals surface area contributed by atoms with Gasteiger partial charge in [0.2, 0.25) is 5.91 Å². The number of carbonyl (C=O) groups is 1. The minimum Gasteiger partial charge on any atom is -0.356 e. The van der Waals surface area contributed by atoms with Crippen LogP contribution in [0, 0.1) is 5.41 Å². The maximum Gasteiger partial charge on any atom is 0.227 e. The molecule has 116 valence electrons. The van der Waals surface area contributed by atoms with E-state index in [1.165, 1.54) is 38.8 Å². The van der Waals surface area contributed by atoms with Crippen LogP contribution in [0.4, 0.5) is 0 Å². The van der Waals surface area contributed by atoms with Gasteiger partial charge in [-0.25, -0.2) is 0 Å². The smallest absolute Gasteiger partial charge is 0.227 e. The number of nitrogens with two attached hydrogens (primary N) is 1. The fourth-order valence-corrected chi connectivity index (χ4v) is 3.63. The van der Waals surface area contributed by atoms with E-state index in [9.17, 15) is 4.79 Å². The summed E-state index contributed by atoms with van der Waals surface area (Å²) in [6.07, 6.45) is 10.5. The molecule has 0 aromatic rings. The van der Waals surface area contributed by atoms with Gasteiger partial charge >= 0.3 is 0 Å². The van der Waals surface area contributed by atoms with Gasteiger partial charge in [0.1, 0.15) is 0 Å². The number of rotatable bonds is 6. The van der Waals surface area contributed by atoms with Crippen LogP contribution in [0.15, 0.2) is 0 Å². The quantitative estimate of drug-likeness (QED) is 0.577. The Morgan fingerprint density at radius 3 is 2.30 bits per heavy atom. The van der Waals surface area contributed by atoms with Crippen molar-refractivity contribution in [1.29, 1.82) is 0 Å². The lowest BCUT2D eigenvalue weighted by molar-refractivity contribution is -0.131. The average Bonchev–Trinajstić information content (AvgIpc) is 2.86. The molecule has 0 aromatic heterocycles. The summed E-state index contributed by atoms with van der Waals surface area (Å²) < 4.78 is 0. The molecule has 0 spiro atoms. The summed E-state index contributed by atoms with van der Waals surface area (Å²) in [5, 5.41) is 3.15. The van der Waals surface area contributed by atoms with E-state index in [1.807, 2.05) is 0 Å². The molecule has 0 aromatic carbocycles. The molecule has 1 aliphatic heterocycles. The first-order valence-electron chi connectivity index (χ1n) is 8.48. The van der Waals surface area contributed by atoms with Crippen LogP contribution in [0.25, 0.3) is 0 Å². The summed E-state index contributed by atoms with van der Waals surface area (Å²) in [5.74, 6) is 0.211. The van der Waals surface area contributed by atoms with Crippen molar-refractivity contribution in [1.82, 2.24) is 10.2 Å². The van der Waals surface area contributed by atoms with Crippen LogP contribution >= 0.6 is 0 Å². The number of amides is 1. The molecule has 1 heterocycles. The van der Waals surface area contributed by atoms with Gasteiger partial charge in [-0.05, 0) is 51.7 Å². The molecule has 0 atom stereocenters. The van der Waals surface area contributed by atoms with E-state index in [2.05, 4.69) is 10.2 Å². The molecular weight excluding hydrogens is 250 g/mol. The van der Waals surface area contributed by atoms with Gasteiger partial charge in [0.05, 0.1) is 5.41 Å². The van der Waals surface area contributed by atoms with E-state index in [-0.39, 0.29) is 11.3 Å². The molecule has 1 amide bonds. The molecule has 1 saturated carbocycles. The van der Waals surface area contributed by atoms with Crippen LogP contribution in [-0.2, 0) is 4.79 Å². The van der Waals surface area contributed by atoms with Crippen molar-refractivity contribution >= 4 is 5.91 Å². The molecule has 2 aliphatic rings. The Hall–Kier alpha value is -0.610. The highest BCUT2D eigenvalue weighted by Crippen LogP contribution is 2.34. The molecule has 3 N–H and O–H groups in total. The molecular formula is C16H31N3O. The lowest BCUT2D eigenvalue weighted by Gasteiger charge is -2.30. The number of carbonyl (C=O) groups excluding carboxylic acids is 1. The van der Waals surface area contributed by atoms with Gasteiger partial charge in [-0.15, -0.1) is 0 Å². The first kappa shape index (κ1) is 15.8. The fourth-order valence-electron chi connectivity index (χ4n) is 3.63. The Bertz CT molecular complexity index is 292. The van der Waals surface area contributed by atoms with E-state index in [0.717, 1.165) is 45.2 Å². The summed E-state index contributed by atoms with van der Waals surface area (Å²) in [5.41, 5.74) is 5.67. The van der Waals surface area contributed by atoms with Gasteiger partial charge in [0.25, 0.3) is 0 Å². The summed E-state index contributed by atoms with van der Waals surface area (Å²) in [6, 6.07) is 0. The van der Waals surface area contributed by atoms with Crippen molar-refractivity contribution in [2.75, 3.05) is 32.7 Å². The molecule has 1 aliphatic carbocycles. The Labute approximate surface area is 123 Å². The van der Waals surface area contributed by atoms with Crippen LogP contribution in [0.2, 0.25) is 0 Å². The monoisotopic (exact) mass is 281 g/mol. The fraction of sp³-hybridized carbons (Fsp3) is 0.938. The van der Waals surface area contributed by atoms with E-state index >= 15 is 0 Å². The lowest BCUT2D eigenvalue weighted by atomic mass is 9.79. The van der Waals surface area contributed by atoms with E-state index in [0.29, 0.717) is 6.54 Å². The van der Waals surface area contributed by atoms with Crippen LogP contribution in [0.1, 0.15) is 57.8 Å². The van der Waals surface area contributed by atoms with Crippen molar-refractivity contribution in [2.24, 2.45) is 11.1 Å². The highest BCUT2D eigenvalue weighted by Gasteiger charge is 2.36. The number of hydrogen-bond donors (Lipinski definition) is 2. The molecule has 20 heavy (non-hydrogen) atoms. The number of nitrogens with one attached hydrogen (secondary N) is 1. The van der Waals surface area contributed by atoms with Gasteiger partial charge in [-0.3, -0.25) is 4.79 Å². The second kappa shape index (κ2) is 7.99. The van der Waals surface area contributed by atoms with Crippen LogP contribution in [0.5, 0.6) is 0 Å². The Balaban J connectivity index is 1.71. The third kappa shape index (κ3) is 4.19. The molecule has 2 fully saturated rings. The minimum atomic E-state index is -0.274. The maximum absolute atomic E-state index is 12.5. The maximum atomic E-state index is 12.5. The first-order chi connectivity index (χ1) is 9.77. The summed E-state index contributed by atoms with van der Waals surface area (Å²) >= 11 is 0. The zero-order valence-corrected chi connectivity index (χ0v) is 12.8. The molecule has 4 nitrogen and oxygen atoms in total.